The van der Waals surface area contributed by atoms with Gasteiger partial charge in [-0.3, -0.25) is 14.8 Å². The third-order valence-corrected chi connectivity index (χ3v) is 6.34. The third kappa shape index (κ3) is 5.82. The average molecular weight is 413 g/mol. The maximum Gasteiger partial charge on any atom is 0.407 e. The predicted molar refractivity (Wildman–Crippen MR) is 106 cm³/mol. The highest BCUT2D eigenvalue weighted by Crippen LogP contribution is 2.28. The minimum atomic E-state index is -3.82. The van der Waals surface area contributed by atoms with E-state index in [1.165, 1.54) is 18.2 Å². The van der Waals surface area contributed by atoms with Gasteiger partial charge in [0.1, 0.15) is 10.9 Å². The van der Waals surface area contributed by atoms with E-state index in [1.807, 2.05) is 0 Å². The van der Waals surface area contributed by atoms with Crippen LogP contribution in [-0.2, 0) is 14.8 Å². The van der Waals surface area contributed by atoms with Crippen LogP contribution in [0.5, 0.6) is 0 Å². The van der Waals surface area contributed by atoms with Gasteiger partial charge in [0.25, 0.3) is 5.69 Å². The zero-order chi connectivity index (χ0) is 21.1. The summed E-state index contributed by atoms with van der Waals surface area (Å²) >= 11 is 0. The number of sulfonamides is 1. The predicted octanol–water partition coefficient (Wildman–Crippen LogP) is 3.48. The molecule has 1 fully saturated rings. The number of carbonyl (C=O) groups excluding carboxylic acids is 1. The first-order valence-electron chi connectivity index (χ1n) is 9.15. The Labute approximate surface area is 165 Å². The van der Waals surface area contributed by atoms with Crippen molar-refractivity contribution >= 4 is 27.5 Å². The molecule has 2 N–H and O–H groups in total. The number of aryl methyl sites for hydroxylation is 1. The summed E-state index contributed by atoms with van der Waals surface area (Å²) in [4.78, 5) is 22.4. The van der Waals surface area contributed by atoms with E-state index in [9.17, 15) is 23.3 Å². The highest BCUT2D eigenvalue weighted by atomic mass is 32.2. The van der Waals surface area contributed by atoms with E-state index < -0.39 is 37.9 Å². The Hall–Kier alpha value is -2.36. The highest BCUT2D eigenvalue weighted by Gasteiger charge is 2.37. The molecular formula is C18H27N3O6S. The Kier molecular flexibility index (Phi) is 6.53. The maximum atomic E-state index is 13.0. The Morgan fingerprint density at radius 3 is 2.46 bits per heavy atom. The first kappa shape index (κ1) is 21.9. The van der Waals surface area contributed by atoms with E-state index in [2.05, 4.69) is 10.0 Å². The van der Waals surface area contributed by atoms with Gasteiger partial charge in [-0.15, -0.1) is 0 Å². The van der Waals surface area contributed by atoms with Gasteiger partial charge in [0.15, 0.2) is 0 Å². The molecule has 0 spiro atoms. The van der Waals surface area contributed by atoms with Crippen molar-refractivity contribution in [1.82, 2.24) is 5.32 Å². The van der Waals surface area contributed by atoms with Gasteiger partial charge >= 0.3 is 6.09 Å². The molecule has 0 heterocycles. The molecule has 28 heavy (non-hydrogen) atoms. The zero-order valence-electron chi connectivity index (χ0n) is 16.5. The molecule has 1 aromatic rings. The van der Waals surface area contributed by atoms with E-state index in [0.29, 0.717) is 18.4 Å². The van der Waals surface area contributed by atoms with Gasteiger partial charge in [-0.25, -0.2) is 13.2 Å². The van der Waals surface area contributed by atoms with Crippen LogP contribution in [0.4, 0.5) is 16.2 Å². The van der Waals surface area contributed by atoms with E-state index in [1.54, 1.807) is 27.7 Å². The number of rotatable bonds is 5. The van der Waals surface area contributed by atoms with Crippen molar-refractivity contribution in [1.29, 1.82) is 0 Å². The molecule has 1 aliphatic carbocycles. The van der Waals surface area contributed by atoms with E-state index in [4.69, 9.17) is 4.74 Å². The van der Waals surface area contributed by atoms with Crippen LogP contribution in [0, 0.1) is 17.0 Å². The van der Waals surface area contributed by atoms with Crippen LogP contribution in [0.15, 0.2) is 18.2 Å². The summed E-state index contributed by atoms with van der Waals surface area (Å²) in [6, 6.07) is 3.38. The molecule has 0 aromatic heterocycles. The van der Waals surface area contributed by atoms with Gasteiger partial charge in [-0.1, -0.05) is 12.8 Å². The molecule has 1 aliphatic rings. The lowest BCUT2D eigenvalue weighted by Crippen LogP contribution is -2.51. The normalized spacial score (nSPS) is 20.3. The van der Waals surface area contributed by atoms with Gasteiger partial charge in [0.2, 0.25) is 10.0 Å². The summed E-state index contributed by atoms with van der Waals surface area (Å²) in [5, 5.41) is 12.7. The lowest BCUT2D eigenvalue weighted by atomic mass is 9.95. The van der Waals surface area contributed by atoms with Crippen LogP contribution in [0.2, 0.25) is 0 Å². The fraction of sp³-hybridized carbons (Fsp3) is 0.611. The standard InChI is InChI=1S/C18H27N3O6S/c1-12-11-13(21(23)24)9-10-14(12)20-28(25,26)16-8-6-5-7-15(16)19-17(22)27-18(2,3)4/h9-11,15-16,20H,5-8H2,1-4H3,(H,19,22)/t15-,16-/m0/s1. The third-order valence-electron chi connectivity index (χ3n) is 4.48. The van der Waals surface area contributed by atoms with Crippen molar-refractivity contribution < 1.29 is 22.9 Å². The second kappa shape index (κ2) is 8.34. The number of nitrogens with one attached hydrogen (secondary N) is 2. The number of carbonyl (C=O) groups is 1. The second-order valence-corrected chi connectivity index (χ2v) is 9.88. The first-order valence-corrected chi connectivity index (χ1v) is 10.7. The summed E-state index contributed by atoms with van der Waals surface area (Å²) in [7, 11) is -3.82. The fourth-order valence-corrected chi connectivity index (χ4v) is 5.00. The van der Waals surface area contributed by atoms with Crippen molar-refractivity contribution in [2.45, 2.75) is 70.3 Å². The first-order chi connectivity index (χ1) is 12.9. The number of alkyl carbamates (subject to hydrolysis) is 1. The summed E-state index contributed by atoms with van der Waals surface area (Å²) in [6.07, 6.45) is 1.83. The van der Waals surface area contributed by atoms with Crippen LogP contribution in [0.3, 0.4) is 0 Å². The molecule has 0 saturated heterocycles. The van der Waals surface area contributed by atoms with Gasteiger partial charge in [-0.05, 0) is 52.2 Å². The van der Waals surface area contributed by atoms with E-state index in [0.717, 1.165) is 12.8 Å². The SMILES string of the molecule is Cc1cc([N+](=O)[O-])ccc1NS(=O)(=O)[C@H]1CCCC[C@@H]1NC(=O)OC(C)(C)C. The number of anilines is 1. The highest BCUT2D eigenvalue weighted by molar-refractivity contribution is 7.93. The summed E-state index contributed by atoms with van der Waals surface area (Å²) in [5.41, 5.74) is -0.0543. The molecule has 0 radical (unpaired) electrons. The van der Waals surface area contributed by atoms with Gasteiger partial charge in [0.05, 0.1) is 16.7 Å². The van der Waals surface area contributed by atoms with E-state index >= 15 is 0 Å². The van der Waals surface area contributed by atoms with Crippen molar-refractivity contribution in [2.24, 2.45) is 0 Å². The number of non-ortho nitro benzene ring substituents is 1. The molecule has 156 valence electrons. The summed E-state index contributed by atoms with van der Waals surface area (Å²) in [6.45, 7) is 6.81. The molecule has 1 aromatic carbocycles. The summed E-state index contributed by atoms with van der Waals surface area (Å²) < 4.78 is 33.7. The number of amides is 1. The molecule has 2 atom stereocenters. The average Bonchev–Trinajstić information content (AvgIpc) is 2.55. The number of hydrogen-bond donors (Lipinski definition) is 2. The molecule has 1 amide bonds. The quantitative estimate of drug-likeness (QED) is 0.562. The molecule has 1 saturated carbocycles. The number of nitro groups is 1. The minimum Gasteiger partial charge on any atom is -0.444 e. The van der Waals surface area contributed by atoms with Crippen LogP contribution in [0.25, 0.3) is 0 Å². The maximum absolute atomic E-state index is 13.0. The summed E-state index contributed by atoms with van der Waals surface area (Å²) in [5.74, 6) is 0. The Morgan fingerprint density at radius 2 is 1.89 bits per heavy atom. The van der Waals surface area contributed by atoms with Crippen molar-refractivity contribution in [3.63, 3.8) is 0 Å². The molecule has 2 rings (SSSR count). The Bertz CT molecular complexity index is 847. The van der Waals surface area contributed by atoms with Crippen LogP contribution < -0.4 is 10.0 Å². The number of hydrogen-bond acceptors (Lipinski definition) is 6. The lowest BCUT2D eigenvalue weighted by molar-refractivity contribution is -0.384. The molecule has 0 unspecified atom stereocenters. The van der Waals surface area contributed by atoms with E-state index in [-0.39, 0.29) is 11.4 Å². The smallest absolute Gasteiger partial charge is 0.407 e. The molecule has 10 heteroatoms. The molecule has 9 nitrogen and oxygen atoms in total. The van der Waals surface area contributed by atoms with Gasteiger partial charge in [0, 0.05) is 12.1 Å². The van der Waals surface area contributed by atoms with Gasteiger partial charge < -0.3 is 10.1 Å². The van der Waals surface area contributed by atoms with Crippen molar-refractivity contribution in [3.05, 3.63) is 33.9 Å². The van der Waals surface area contributed by atoms with Crippen LogP contribution in [0.1, 0.15) is 52.0 Å². The molecule has 0 bridgehead atoms. The topological polar surface area (TPSA) is 128 Å². The van der Waals surface area contributed by atoms with Crippen molar-refractivity contribution in [2.75, 3.05) is 4.72 Å². The largest absolute Gasteiger partial charge is 0.444 e. The van der Waals surface area contributed by atoms with Gasteiger partial charge in [-0.2, -0.15) is 0 Å². The Balaban J connectivity index is 2.17. The monoisotopic (exact) mass is 413 g/mol. The lowest BCUT2D eigenvalue weighted by Gasteiger charge is -2.32. The van der Waals surface area contributed by atoms with Crippen molar-refractivity contribution in [3.8, 4) is 0 Å². The molecular weight excluding hydrogens is 386 g/mol. The molecule has 0 aliphatic heterocycles. The number of benzene rings is 1. The Morgan fingerprint density at radius 1 is 1.25 bits per heavy atom. The number of nitrogens with zero attached hydrogens (tertiary/aromatic N) is 1. The zero-order valence-corrected chi connectivity index (χ0v) is 17.3. The number of nitro benzene ring substituents is 1. The fourth-order valence-electron chi connectivity index (χ4n) is 3.20. The van der Waals surface area contributed by atoms with Crippen LogP contribution in [-0.4, -0.2) is 36.3 Å². The van der Waals surface area contributed by atoms with Crippen LogP contribution >= 0.6 is 0 Å². The number of ether oxygens (including phenoxy) is 1. The minimum absolute atomic E-state index is 0.109. The second-order valence-electron chi connectivity index (χ2n) is 7.98.